The maximum atomic E-state index is 11.5. The highest BCUT2D eigenvalue weighted by atomic mass is 16.5. The Hall–Kier alpha value is -2.83. The summed E-state index contributed by atoms with van der Waals surface area (Å²) in [6, 6.07) is 7.43. The topological polar surface area (TPSA) is 104 Å². The number of nitrogens with one attached hydrogen (secondary N) is 2. The highest BCUT2D eigenvalue weighted by Gasteiger charge is 2.51. The second-order valence-electron chi connectivity index (χ2n) is 10.2. The molecule has 162 valence electrons. The van der Waals surface area contributed by atoms with E-state index < -0.39 is 12.1 Å². The van der Waals surface area contributed by atoms with Crippen LogP contribution in [0, 0.1) is 23.2 Å². The van der Waals surface area contributed by atoms with Crippen LogP contribution >= 0.6 is 0 Å². The number of aromatic nitrogens is 3. The molecule has 7 rings (SSSR count). The van der Waals surface area contributed by atoms with Crippen LogP contribution in [0.5, 0.6) is 0 Å². The SMILES string of the molecule is O=C(O)N[C@@H](Cc1c[nH]c2ccccc12)c1nc(CC23CC4CC(CC(C4)C2)C3)no1. The second kappa shape index (κ2) is 7.11. The van der Waals surface area contributed by atoms with Crippen LogP contribution in [0.1, 0.15) is 61.8 Å². The molecular formula is C24H28N4O3. The lowest BCUT2D eigenvalue weighted by Crippen LogP contribution is -2.47. The maximum Gasteiger partial charge on any atom is 0.405 e. The van der Waals surface area contributed by atoms with E-state index in [1.54, 1.807) is 0 Å². The zero-order valence-corrected chi connectivity index (χ0v) is 17.5. The van der Waals surface area contributed by atoms with Gasteiger partial charge in [-0.2, -0.15) is 4.98 Å². The van der Waals surface area contributed by atoms with Crippen molar-refractivity contribution in [3.05, 3.63) is 47.7 Å². The molecule has 4 saturated carbocycles. The highest BCUT2D eigenvalue weighted by molar-refractivity contribution is 5.83. The van der Waals surface area contributed by atoms with Crippen molar-refractivity contribution in [2.45, 2.75) is 57.4 Å². The number of hydrogen-bond acceptors (Lipinski definition) is 4. The standard InChI is InChI=1S/C24H28N4O3/c29-23(30)26-20(8-17-13-25-19-4-2-1-3-18(17)19)22-27-21(28-31-22)12-24-9-14-5-15(10-24)7-16(6-14)11-24/h1-4,13-16,20,25-26H,5-12H2,(H,29,30)/t14?,15?,16?,20-,24?/m0/s1. The number of amides is 1. The van der Waals surface area contributed by atoms with Crippen LogP contribution < -0.4 is 5.32 Å². The van der Waals surface area contributed by atoms with Gasteiger partial charge in [0.15, 0.2) is 5.82 Å². The number of fused-ring (bicyclic) bond motifs is 1. The van der Waals surface area contributed by atoms with Gasteiger partial charge in [-0.05, 0) is 73.3 Å². The van der Waals surface area contributed by atoms with Gasteiger partial charge >= 0.3 is 6.09 Å². The van der Waals surface area contributed by atoms with Crippen molar-refractivity contribution in [2.75, 3.05) is 0 Å². The smallest absolute Gasteiger partial charge is 0.405 e. The summed E-state index contributed by atoms with van der Waals surface area (Å²) in [5.41, 5.74) is 2.37. The Bertz CT molecular complexity index is 1080. The van der Waals surface area contributed by atoms with Crippen LogP contribution in [0.4, 0.5) is 4.79 Å². The summed E-state index contributed by atoms with van der Waals surface area (Å²) in [6.45, 7) is 0. The normalized spacial score (nSPS) is 30.0. The van der Waals surface area contributed by atoms with E-state index >= 15 is 0 Å². The molecule has 3 N–H and O–H groups in total. The fourth-order valence-corrected chi connectivity index (χ4v) is 7.19. The van der Waals surface area contributed by atoms with Crippen molar-refractivity contribution >= 4 is 17.0 Å². The fraction of sp³-hybridized carbons (Fsp3) is 0.542. The Morgan fingerprint density at radius 2 is 1.90 bits per heavy atom. The van der Waals surface area contributed by atoms with E-state index in [1.165, 1.54) is 38.5 Å². The third kappa shape index (κ3) is 3.50. The lowest BCUT2D eigenvalue weighted by Gasteiger charge is -2.56. The van der Waals surface area contributed by atoms with Gasteiger partial charge in [-0.1, -0.05) is 23.4 Å². The maximum absolute atomic E-state index is 11.5. The van der Waals surface area contributed by atoms with Gasteiger partial charge in [0.25, 0.3) is 0 Å². The number of carbonyl (C=O) groups is 1. The Morgan fingerprint density at radius 1 is 1.19 bits per heavy atom. The average Bonchev–Trinajstić information content (AvgIpc) is 3.33. The number of benzene rings is 1. The summed E-state index contributed by atoms with van der Waals surface area (Å²) in [7, 11) is 0. The van der Waals surface area contributed by atoms with Gasteiger partial charge < -0.3 is 19.9 Å². The molecule has 2 heterocycles. The lowest BCUT2D eigenvalue weighted by molar-refractivity contribution is -0.0533. The number of para-hydroxylation sites is 1. The largest absolute Gasteiger partial charge is 0.465 e. The van der Waals surface area contributed by atoms with Gasteiger partial charge in [-0.25, -0.2) is 4.79 Å². The van der Waals surface area contributed by atoms with Crippen molar-refractivity contribution in [1.82, 2.24) is 20.4 Å². The highest BCUT2D eigenvalue weighted by Crippen LogP contribution is 2.60. The molecule has 3 aromatic rings. The number of hydrogen-bond donors (Lipinski definition) is 3. The molecular weight excluding hydrogens is 392 g/mol. The molecule has 0 radical (unpaired) electrons. The van der Waals surface area contributed by atoms with E-state index in [2.05, 4.69) is 20.4 Å². The van der Waals surface area contributed by atoms with Crippen molar-refractivity contribution in [2.24, 2.45) is 23.2 Å². The van der Waals surface area contributed by atoms with Gasteiger partial charge in [-0.3, -0.25) is 0 Å². The number of H-pyrrole nitrogens is 1. The van der Waals surface area contributed by atoms with Crippen molar-refractivity contribution in [3.63, 3.8) is 0 Å². The van der Waals surface area contributed by atoms with E-state index in [0.29, 0.717) is 17.7 Å². The summed E-state index contributed by atoms with van der Waals surface area (Å²) in [5.74, 6) is 3.71. The van der Waals surface area contributed by atoms with Crippen LogP contribution in [0.2, 0.25) is 0 Å². The van der Waals surface area contributed by atoms with Crippen LogP contribution in [0.3, 0.4) is 0 Å². The summed E-state index contributed by atoms with van der Waals surface area (Å²) >= 11 is 0. The molecule has 2 aromatic heterocycles. The molecule has 1 aromatic carbocycles. The summed E-state index contributed by atoms with van der Waals surface area (Å²) in [4.78, 5) is 19.4. The van der Waals surface area contributed by atoms with Gasteiger partial charge in [0.1, 0.15) is 6.04 Å². The predicted octanol–water partition coefficient (Wildman–Crippen LogP) is 4.86. The van der Waals surface area contributed by atoms with Gasteiger partial charge in [0.2, 0.25) is 5.89 Å². The molecule has 4 fully saturated rings. The Kier molecular flexibility index (Phi) is 4.33. The monoisotopic (exact) mass is 420 g/mol. The third-order valence-corrected chi connectivity index (χ3v) is 7.88. The first-order valence-electron chi connectivity index (χ1n) is 11.4. The molecule has 4 aliphatic carbocycles. The summed E-state index contributed by atoms with van der Waals surface area (Å²) < 4.78 is 5.61. The minimum absolute atomic E-state index is 0.322. The van der Waals surface area contributed by atoms with Crippen molar-refractivity contribution in [3.8, 4) is 0 Å². The van der Waals surface area contributed by atoms with Gasteiger partial charge in [-0.15, -0.1) is 0 Å². The van der Waals surface area contributed by atoms with Crippen molar-refractivity contribution in [1.29, 1.82) is 0 Å². The van der Waals surface area contributed by atoms with E-state index in [4.69, 9.17) is 4.52 Å². The zero-order valence-electron chi connectivity index (χ0n) is 17.5. The first kappa shape index (κ1) is 18.9. The molecule has 0 saturated heterocycles. The number of nitrogens with zero attached hydrogens (tertiary/aromatic N) is 2. The first-order valence-corrected chi connectivity index (χ1v) is 11.4. The molecule has 1 atom stereocenters. The van der Waals surface area contributed by atoms with E-state index in [0.717, 1.165) is 46.5 Å². The van der Waals surface area contributed by atoms with E-state index in [9.17, 15) is 9.90 Å². The van der Waals surface area contributed by atoms with Gasteiger partial charge in [0, 0.05) is 29.9 Å². The van der Waals surface area contributed by atoms with E-state index in [1.807, 2.05) is 30.5 Å². The summed E-state index contributed by atoms with van der Waals surface area (Å²) in [5, 5.41) is 17.3. The third-order valence-electron chi connectivity index (χ3n) is 7.88. The second-order valence-corrected chi connectivity index (χ2v) is 10.2. The molecule has 0 unspecified atom stereocenters. The van der Waals surface area contributed by atoms with Crippen LogP contribution in [-0.4, -0.2) is 26.3 Å². The van der Waals surface area contributed by atoms with Crippen LogP contribution in [0.15, 0.2) is 35.0 Å². The lowest BCUT2D eigenvalue weighted by atomic mass is 9.49. The van der Waals surface area contributed by atoms with Crippen LogP contribution in [0.25, 0.3) is 10.9 Å². The quantitative estimate of drug-likeness (QED) is 0.528. The number of aromatic amines is 1. The molecule has 7 heteroatoms. The van der Waals surface area contributed by atoms with Crippen LogP contribution in [-0.2, 0) is 12.8 Å². The molecule has 31 heavy (non-hydrogen) atoms. The van der Waals surface area contributed by atoms with E-state index in [-0.39, 0.29) is 0 Å². The molecule has 7 nitrogen and oxygen atoms in total. The Morgan fingerprint density at radius 3 is 2.61 bits per heavy atom. The minimum Gasteiger partial charge on any atom is -0.465 e. The minimum atomic E-state index is -1.09. The first-order chi connectivity index (χ1) is 15.1. The Balaban J connectivity index is 1.23. The molecule has 4 aliphatic rings. The molecule has 0 spiro atoms. The molecule has 4 bridgehead atoms. The summed E-state index contributed by atoms with van der Waals surface area (Å²) in [6.07, 6.45) is 10.2. The fourth-order valence-electron chi connectivity index (χ4n) is 7.19. The molecule has 0 aliphatic heterocycles. The number of carboxylic acid groups (broad SMARTS) is 1. The average molecular weight is 421 g/mol. The zero-order chi connectivity index (χ0) is 21.0. The molecule has 1 amide bonds. The van der Waals surface area contributed by atoms with Crippen molar-refractivity contribution < 1.29 is 14.4 Å². The Labute approximate surface area is 180 Å². The van der Waals surface area contributed by atoms with Gasteiger partial charge in [0.05, 0.1) is 0 Å². The predicted molar refractivity (Wildman–Crippen MR) is 115 cm³/mol. The number of rotatable bonds is 6.